The number of thiocarbonyl (C=S) groups is 1. The molecule has 1 aliphatic rings. The van der Waals surface area contributed by atoms with Gasteiger partial charge in [-0.3, -0.25) is 4.68 Å². The van der Waals surface area contributed by atoms with E-state index in [-0.39, 0.29) is 6.79 Å². The molecule has 3 aromatic rings. The van der Waals surface area contributed by atoms with Crippen molar-refractivity contribution in [3.05, 3.63) is 64.8 Å². The highest BCUT2D eigenvalue weighted by molar-refractivity contribution is 9.10. The van der Waals surface area contributed by atoms with Gasteiger partial charge in [0, 0.05) is 28.5 Å². The predicted octanol–water partition coefficient (Wildman–Crippen LogP) is 4.23. The van der Waals surface area contributed by atoms with Crippen molar-refractivity contribution in [2.45, 2.75) is 6.54 Å². The van der Waals surface area contributed by atoms with Crippen molar-refractivity contribution in [2.75, 3.05) is 17.4 Å². The molecule has 26 heavy (non-hydrogen) atoms. The zero-order valence-corrected chi connectivity index (χ0v) is 16.0. The molecule has 132 valence electrons. The number of halogens is 1. The van der Waals surface area contributed by atoms with Crippen LogP contribution in [-0.2, 0) is 6.54 Å². The number of rotatable bonds is 4. The molecule has 4 rings (SSSR count). The van der Waals surface area contributed by atoms with Gasteiger partial charge >= 0.3 is 0 Å². The highest BCUT2D eigenvalue weighted by Crippen LogP contribution is 2.34. The number of aromatic nitrogens is 2. The van der Waals surface area contributed by atoms with E-state index >= 15 is 0 Å². The van der Waals surface area contributed by atoms with Crippen LogP contribution in [0.4, 0.5) is 11.5 Å². The first-order valence-electron chi connectivity index (χ1n) is 7.91. The van der Waals surface area contributed by atoms with Crippen molar-refractivity contribution < 1.29 is 9.47 Å². The molecule has 0 saturated carbocycles. The fraction of sp³-hybridized carbons (Fsp3) is 0.111. The highest BCUT2D eigenvalue weighted by atomic mass is 79.9. The summed E-state index contributed by atoms with van der Waals surface area (Å²) in [5.74, 6) is 2.12. The summed E-state index contributed by atoms with van der Waals surface area (Å²) in [6, 6.07) is 15.6. The number of ether oxygens (including phenoxy) is 2. The maximum Gasteiger partial charge on any atom is 0.231 e. The van der Waals surface area contributed by atoms with Crippen LogP contribution < -0.4 is 20.1 Å². The zero-order chi connectivity index (χ0) is 17.9. The van der Waals surface area contributed by atoms with Crippen LogP contribution in [0.1, 0.15) is 5.56 Å². The summed E-state index contributed by atoms with van der Waals surface area (Å²) in [7, 11) is 0. The molecule has 0 fully saturated rings. The molecule has 2 N–H and O–H groups in total. The molecule has 8 heteroatoms. The number of hydrogen-bond acceptors (Lipinski definition) is 4. The van der Waals surface area contributed by atoms with Crippen LogP contribution in [0.3, 0.4) is 0 Å². The lowest BCUT2D eigenvalue weighted by molar-refractivity contribution is 0.174. The van der Waals surface area contributed by atoms with Crippen molar-refractivity contribution >= 4 is 44.8 Å². The van der Waals surface area contributed by atoms with Gasteiger partial charge < -0.3 is 20.1 Å². The second-order valence-electron chi connectivity index (χ2n) is 5.67. The minimum atomic E-state index is 0.247. The quantitative estimate of drug-likeness (QED) is 0.603. The molecule has 0 amide bonds. The van der Waals surface area contributed by atoms with E-state index in [1.54, 1.807) is 0 Å². The number of fused-ring (bicyclic) bond motifs is 1. The first kappa shape index (κ1) is 16.9. The number of nitrogens with one attached hydrogen (secondary N) is 2. The van der Waals surface area contributed by atoms with Crippen molar-refractivity contribution in [2.24, 2.45) is 0 Å². The Balaban J connectivity index is 1.36. The first-order chi connectivity index (χ1) is 12.7. The lowest BCUT2D eigenvalue weighted by Crippen LogP contribution is -2.19. The number of hydrogen-bond donors (Lipinski definition) is 2. The van der Waals surface area contributed by atoms with Crippen molar-refractivity contribution in [3.8, 4) is 11.5 Å². The number of anilines is 2. The van der Waals surface area contributed by atoms with E-state index in [1.165, 1.54) is 5.56 Å². The third-order valence-corrected chi connectivity index (χ3v) is 4.50. The summed E-state index contributed by atoms with van der Waals surface area (Å²) >= 11 is 8.79. The van der Waals surface area contributed by atoms with Gasteiger partial charge in [-0.25, -0.2) is 0 Å². The molecule has 1 aromatic heterocycles. The van der Waals surface area contributed by atoms with Gasteiger partial charge in [0.25, 0.3) is 0 Å². The van der Waals surface area contributed by atoms with Crippen molar-refractivity contribution in [1.82, 2.24) is 9.78 Å². The monoisotopic (exact) mass is 430 g/mol. The standard InChI is InChI=1S/C18H15BrN4O2S/c19-13-3-1-12(2-4-13)10-23-8-7-17(22-23)21-18(26)20-14-5-6-15-16(9-14)25-11-24-15/h1-9H,10-11H2,(H2,20,21,22,26). The molecule has 1 aliphatic heterocycles. The van der Waals surface area contributed by atoms with E-state index in [2.05, 4.69) is 43.8 Å². The second kappa shape index (κ2) is 7.35. The molecule has 0 radical (unpaired) electrons. The van der Waals surface area contributed by atoms with Gasteiger partial charge in [0.05, 0.1) is 6.54 Å². The Labute approximate surface area is 164 Å². The molecule has 0 spiro atoms. The summed E-state index contributed by atoms with van der Waals surface area (Å²) in [5.41, 5.74) is 1.99. The van der Waals surface area contributed by atoms with Crippen LogP contribution in [0, 0.1) is 0 Å². The molecule has 0 saturated heterocycles. The Morgan fingerprint density at radius 1 is 1.08 bits per heavy atom. The van der Waals surface area contributed by atoms with Crippen molar-refractivity contribution in [1.29, 1.82) is 0 Å². The Morgan fingerprint density at radius 3 is 2.73 bits per heavy atom. The maximum atomic E-state index is 5.36. The van der Waals surface area contributed by atoms with E-state index in [0.29, 0.717) is 23.2 Å². The molecule has 2 heterocycles. The van der Waals surface area contributed by atoms with Crippen LogP contribution in [0.25, 0.3) is 0 Å². The van der Waals surface area contributed by atoms with Crippen LogP contribution in [0.2, 0.25) is 0 Å². The molecule has 0 unspecified atom stereocenters. The van der Waals surface area contributed by atoms with E-state index < -0.39 is 0 Å². The predicted molar refractivity (Wildman–Crippen MR) is 108 cm³/mol. The summed E-state index contributed by atoms with van der Waals surface area (Å²) in [5, 5.41) is 11.1. The molecule has 0 bridgehead atoms. The average molecular weight is 431 g/mol. The van der Waals surface area contributed by atoms with E-state index in [1.807, 2.05) is 47.3 Å². The summed E-state index contributed by atoms with van der Waals surface area (Å²) in [6.45, 7) is 0.939. The molecular formula is C18H15BrN4O2S. The van der Waals surface area contributed by atoms with Crippen LogP contribution in [-0.4, -0.2) is 21.7 Å². The van der Waals surface area contributed by atoms with Gasteiger partial charge in [-0.2, -0.15) is 5.10 Å². The fourth-order valence-corrected chi connectivity index (χ4v) is 3.03. The van der Waals surface area contributed by atoms with E-state index in [0.717, 1.165) is 15.9 Å². The number of nitrogens with zero attached hydrogens (tertiary/aromatic N) is 2. The molecular weight excluding hydrogens is 416 g/mol. The van der Waals surface area contributed by atoms with Crippen molar-refractivity contribution in [3.63, 3.8) is 0 Å². The molecule has 6 nitrogen and oxygen atoms in total. The van der Waals surface area contributed by atoms with Gasteiger partial charge in [-0.15, -0.1) is 0 Å². The third kappa shape index (κ3) is 3.97. The Hall–Kier alpha value is -2.58. The topological polar surface area (TPSA) is 60.3 Å². The minimum Gasteiger partial charge on any atom is -0.454 e. The van der Waals surface area contributed by atoms with Gasteiger partial charge in [0.15, 0.2) is 22.4 Å². The lowest BCUT2D eigenvalue weighted by Gasteiger charge is -2.09. The van der Waals surface area contributed by atoms with Gasteiger partial charge in [-0.1, -0.05) is 28.1 Å². The van der Waals surface area contributed by atoms with Crippen LogP contribution in [0.15, 0.2) is 59.2 Å². The molecule has 0 atom stereocenters. The third-order valence-electron chi connectivity index (χ3n) is 3.77. The molecule has 2 aromatic carbocycles. The van der Waals surface area contributed by atoms with Crippen LogP contribution >= 0.6 is 28.1 Å². The maximum absolute atomic E-state index is 5.36. The summed E-state index contributed by atoms with van der Waals surface area (Å²) < 4.78 is 13.6. The first-order valence-corrected chi connectivity index (χ1v) is 9.11. The Morgan fingerprint density at radius 2 is 1.88 bits per heavy atom. The summed E-state index contributed by atoms with van der Waals surface area (Å²) in [6.07, 6.45) is 1.91. The van der Waals surface area contributed by atoms with Gasteiger partial charge in [-0.05, 0) is 42.0 Å². The lowest BCUT2D eigenvalue weighted by atomic mass is 10.2. The van der Waals surface area contributed by atoms with E-state index in [9.17, 15) is 0 Å². The normalized spacial score (nSPS) is 12.0. The Kier molecular flexibility index (Phi) is 4.77. The van der Waals surface area contributed by atoms with Crippen LogP contribution in [0.5, 0.6) is 11.5 Å². The average Bonchev–Trinajstić information content (AvgIpc) is 3.25. The Bertz CT molecular complexity index is 943. The largest absolute Gasteiger partial charge is 0.454 e. The molecule has 0 aliphatic carbocycles. The fourth-order valence-electron chi connectivity index (χ4n) is 2.55. The second-order valence-corrected chi connectivity index (χ2v) is 7.00. The SMILES string of the molecule is S=C(Nc1ccc2c(c1)OCO2)Nc1ccn(Cc2ccc(Br)cc2)n1. The smallest absolute Gasteiger partial charge is 0.231 e. The van der Waals surface area contributed by atoms with Gasteiger partial charge in [0.2, 0.25) is 6.79 Å². The zero-order valence-electron chi connectivity index (χ0n) is 13.6. The minimum absolute atomic E-state index is 0.247. The number of benzene rings is 2. The van der Waals surface area contributed by atoms with Gasteiger partial charge in [0.1, 0.15) is 0 Å². The highest BCUT2D eigenvalue weighted by Gasteiger charge is 2.13. The van der Waals surface area contributed by atoms with E-state index in [4.69, 9.17) is 21.7 Å². The summed E-state index contributed by atoms with van der Waals surface area (Å²) in [4.78, 5) is 0.